The van der Waals surface area contributed by atoms with Crippen LogP contribution < -0.4 is 33.8 Å². The fourth-order valence-electron chi connectivity index (χ4n) is 5.00. The van der Waals surface area contributed by atoms with E-state index in [1.807, 2.05) is 20.8 Å². The van der Waals surface area contributed by atoms with Crippen molar-refractivity contribution in [2.75, 3.05) is 26.9 Å². The third-order valence-corrected chi connectivity index (χ3v) is 9.02. The molecule has 0 N–H and O–H groups in total. The summed E-state index contributed by atoms with van der Waals surface area (Å²) in [6, 6.07) is 13.1. The van der Waals surface area contributed by atoms with Gasteiger partial charge >= 0.3 is 5.97 Å². The maximum atomic E-state index is 14.0. The van der Waals surface area contributed by atoms with Crippen LogP contribution >= 0.6 is 46.1 Å². The number of aromatic nitrogens is 1. The van der Waals surface area contributed by atoms with E-state index in [1.54, 1.807) is 54.6 Å². The maximum absolute atomic E-state index is 14.0. The zero-order valence-corrected chi connectivity index (χ0v) is 29.1. The summed E-state index contributed by atoms with van der Waals surface area (Å²) in [7, 11) is 1.28. The molecule has 2 heterocycles. The Bertz CT molecular complexity index is 2020. The van der Waals surface area contributed by atoms with Gasteiger partial charge < -0.3 is 23.7 Å². The summed E-state index contributed by atoms with van der Waals surface area (Å²) < 4.78 is 30.4. The van der Waals surface area contributed by atoms with Gasteiger partial charge in [-0.15, -0.1) is 0 Å². The van der Waals surface area contributed by atoms with Gasteiger partial charge in [0.25, 0.3) is 5.56 Å². The summed E-state index contributed by atoms with van der Waals surface area (Å²) in [5.41, 5.74) is 1.87. The quantitative estimate of drug-likeness (QED) is 0.150. The fraction of sp³-hybridized carbons (Fsp3) is 0.265. The molecule has 0 unspecified atom stereocenters. The number of benzene rings is 3. The Labute approximate surface area is 290 Å². The van der Waals surface area contributed by atoms with Crippen LogP contribution in [0.25, 0.3) is 6.08 Å². The summed E-state index contributed by atoms with van der Waals surface area (Å²) in [5, 5.41) is 1.15. The summed E-state index contributed by atoms with van der Waals surface area (Å²) in [6.45, 7) is 6.96. The molecule has 3 aromatic carbocycles. The number of esters is 1. The normalized spacial score (nSPS) is 14.1. The predicted molar refractivity (Wildman–Crippen MR) is 183 cm³/mol. The van der Waals surface area contributed by atoms with Crippen LogP contribution in [0.5, 0.6) is 23.0 Å². The first kappa shape index (κ1) is 34.4. The second kappa shape index (κ2) is 15.3. The molecule has 0 saturated heterocycles. The minimum Gasteiger partial charge on any atom is -0.490 e. The van der Waals surface area contributed by atoms with Crippen molar-refractivity contribution in [1.29, 1.82) is 0 Å². The zero-order valence-electron chi connectivity index (χ0n) is 26.0. The van der Waals surface area contributed by atoms with Gasteiger partial charge in [-0.3, -0.25) is 9.36 Å². The van der Waals surface area contributed by atoms with Crippen molar-refractivity contribution >= 4 is 58.2 Å². The summed E-state index contributed by atoms with van der Waals surface area (Å²) >= 11 is 20.1. The van der Waals surface area contributed by atoms with Gasteiger partial charge in [-0.25, -0.2) is 9.79 Å². The molecule has 1 aromatic heterocycles. The molecule has 1 aliphatic rings. The molecular weight excluding hydrogens is 687 g/mol. The van der Waals surface area contributed by atoms with Crippen molar-refractivity contribution in [1.82, 2.24) is 4.57 Å². The first-order valence-corrected chi connectivity index (χ1v) is 16.7. The third kappa shape index (κ3) is 7.46. The Hall–Kier alpha value is -3.96. The number of methoxy groups -OCH3 is 1. The Kier molecular flexibility index (Phi) is 11.2. The first-order chi connectivity index (χ1) is 22.7. The van der Waals surface area contributed by atoms with Gasteiger partial charge in [-0.1, -0.05) is 58.3 Å². The van der Waals surface area contributed by atoms with Crippen LogP contribution in [0.3, 0.4) is 0 Å². The number of nitrogens with zero attached hydrogens (tertiary/aromatic N) is 2. The molecule has 47 heavy (non-hydrogen) atoms. The van der Waals surface area contributed by atoms with Crippen molar-refractivity contribution in [3.05, 3.63) is 112 Å². The number of carbonyl (C=O) groups excluding carboxylic acids is 1. The number of hydrogen-bond donors (Lipinski definition) is 0. The van der Waals surface area contributed by atoms with Crippen molar-refractivity contribution in [3.63, 3.8) is 0 Å². The predicted octanol–water partition coefficient (Wildman–Crippen LogP) is 6.75. The number of ether oxygens (including phenoxy) is 5. The molecule has 0 radical (unpaired) electrons. The van der Waals surface area contributed by atoms with Crippen LogP contribution in [-0.4, -0.2) is 37.5 Å². The Morgan fingerprint density at radius 2 is 1.60 bits per heavy atom. The van der Waals surface area contributed by atoms with Crippen molar-refractivity contribution in [2.24, 2.45) is 4.99 Å². The molecule has 9 nitrogen and oxygen atoms in total. The highest BCUT2D eigenvalue weighted by atomic mass is 35.5. The lowest BCUT2D eigenvalue weighted by molar-refractivity contribution is -0.136. The summed E-state index contributed by atoms with van der Waals surface area (Å²) in [6.07, 6.45) is 3.14. The minimum absolute atomic E-state index is 0.174. The van der Waals surface area contributed by atoms with E-state index < -0.39 is 12.0 Å². The third-order valence-electron chi connectivity index (χ3n) is 7.00. The van der Waals surface area contributed by atoms with Crippen LogP contribution in [-0.2, 0) is 16.1 Å². The highest BCUT2D eigenvalue weighted by Crippen LogP contribution is 2.38. The standard InChI is InChI=1S/C34H31Cl3N2O7S/c1-5-43-26-11-9-21(16-27(26)44-6-2)30-22(33(41)42-4)17-38-34-39(30)32(40)29(47-34)15-20-13-25(37)31(28(14-20)45-7-3)46-18-19-8-10-23(35)24(36)12-19/h8-17,30H,5-7,18H2,1-4H3/b29-15-/t30-/m0/s1. The minimum atomic E-state index is -0.824. The van der Waals surface area contributed by atoms with E-state index in [0.717, 1.165) is 5.56 Å². The molecule has 5 rings (SSSR count). The zero-order chi connectivity index (χ0) is 33.7. The SMILES string of the molecule is CCOc1ccc([C@H]2C(C(=O)OC)=CN=c3s/c(=C\c4cc(Cl)c(OCc5ccc(Cl)c(Cl)c5)c(OCC)c4)c(=O)n32)cc1OCC. The molecule has 0 amide bonds. The molecule has 0 aliphatic carbocycles. The fourth-order valence-corrected chi connectivity index (χ4v) is 6.56. The van der Waals surface area contributed by atoms with Gasteiger partial charge in [-0.2, -0.15) is 0 Å². The van der Waals surface area contributed by atoms with Crippen LogP contribution in [0.15, 0.2) is 70.1 Å². The van der Waals surface area contributed by atoms with Gasteiger partial charge in [-0.05, 0) is 79.9 Å². The molecule has 4 aromatic rings. The average molecular weight is 718 g/mol. The number of fused-ring (bicyclic) bond motifs is 1. The molecule has 1 atom stereocenters. The summed E-state index contributed by atoms with van der Waals surface area (Å²) in [4.78, 5) is 31.8. The van der Waals surface area contributed by atoms with Gasteiger partial charge in [0, 0.05) is 6.20 Å². The average Bonchev–Trinajstić information content (AvgIpc) is 3.37. The van der Waals surface area contributed by atoms with E-state index >= 15 is 0 Å². The Balaban J connectivity index is 1.56. The van der Waals surface area contributed by atoms with Crippen molar-refractivity contribution < 1.29 is 28.5 Å². The highest BCUT2D eigenvalue weighted by Gasteiger charge is 2.31. The largest absolute Gasteiger partial charge is 0.490 e. The van der Waals surface area contributed by atoms with Crippen molar-refractivity contribution in [3.8, 4) is 23.0 Å². The molecule has 0 saturated carbocycles. The summed E-state index contributed by atoms with van der Waals surface area (Å²) in [5.74, 6) is 1.20. The maximum Gasteiger partial charge on any atom is 0.337 e. The molecule has 0 spiro atoms. The molecule has 0 fully saturated rings. The Morgan fingerprint density at radius 1 is 0.872 bits per heavy atom. The van der Waals surface area contributed by atoms with Gasteiger partial charge in [0.2, 0.25) is 0 Å². The highest BCUT2D eigenvalue weighted by molar-refractivity contribution is 7.07. The number of hydrogen-bond acceptors (Lipinski definition) is 9. The smallest absolute Gasteiger partial charge is 0.337 e. The molecule has 13 heteroatoms. The molecule has 1 aliphatic heterocycles. The first-order valence-electron chi connectivity index (χ1n) is 14.7. The van der Waals surface area contributed by atoms with Gasteiger partial charge in [0.1, 0.15) is 6.61 Å². The van der Waals surface area contributed by atoms with Gasteiger partial charge in [0.05, 0.1) is 58.1 Å². The van der Waals surface area contributed by atoms with E-state index in [9.17, 15) is 9.59 Å². The van der Waals surface area contributed by atoms with Crippen LogP contribution in [0.1, 0.15) is 43.5 Å². The monoisotopic (exact) mass is 716 g/mol. The Morgan fingerprint density at radius 3 is 2.30 bits per heavy atom. The van der Waals surface area contributed by atoms with E-state index in [4.69, 9.17) is 58.5 Å². The topological polar surface area (TPSA) is 97.6 Å². The van der Waals surface area contributed by atoms with E-state index in [1.165, 1.54) is 29.2 Å². The molecule has 246 valence electrons. The number of carbonyl (C=O) groups is 1. The number of rotatable bonds is 12. The van der Waals surface area contributed by atoms with Crippen LogP contribution in [0.2, 0.25) is 15.1 Å². The lowest BCUT2D eigenvalue weighted by Crippen LogP contribution is -2.39. The molecular formula is C34H31Cl3N2O7S. The van der Waals surface area contributed by atoms with Crippen LogP contribution in [0, 0.1) is 0 Å². The van der Waals surface area contributed by atoms with Crippen LogP contribution in [0.4, 0.5) is 0 Å². The van der Waals surface area contributed by atoms with E-state index in [0.29, 0.717) is 78.3 Å². The van der Waals surface area contributed by atoms with Gasteiger partial charge in [0.15, 0.2) is 27.8 Å². The number of halogens is 3. The second-order valence-corrected chi connectivity index (χ2v) is 12.3. The molecule has 0 bridgehead atoms. The number of thiazole rings is 1. The lowest BCUT2D eigenvalue weighted by Gasteiger charge is -2.23. The second-order valence-electron chi connectivity index (χ2n) is 10.0. The lowest BCUT2D eigenvalue weighted by atomic mass is 9.97. The van der Waals surface area contributed by atoms with Crippen molar-refractivity contribution in [2.45, 2.75) is 33.4 Å². The van der Waals surface area contributed by atoms with E-state index in [2.05, 4.69) is 4.99 Å². The van der Waals surface area contributed by atoms with E-state index in [-0.39, 0.29) is 17.7 Å².